The standard InChI is InChI=1S/C14H17BrFNO2/c1-9(14(18)17-11-4-2-3-5-11)19-13-7-6-10(16)8-12(13)15/h6-9,11H,2-5H2,1H3,(H,17,18). The Kier molecular flexibility index (Phi) is 4.80. The Bertz CT molecular complexity index is 461. The first kappa shape index (κ1) is 14.3. The number of hydrogen-bond donors (Lipinski definition) is 1. The summed E-state index contributed by atoms with van der Waals surface area (Å²) in [7, 11) is 0. The van der Waals surface area contributed by atoms with Crippen molar-refractivity contribution >= 4 is 21.8 Å². The molecule has 0 heterocycles. The van der Waals surface area contributed by atoms with Crippen molar-refractivity contribution in [1.82, 2.24) is 5.32 Å². The molecule has 1 saturated carbocycles. The Balaban J connectivity index is 1.92. The van der Waals surface area contributed by atoms with E-state index in [4.69, 9.17) is 4.74 Å². The molecule has 1 N–H and O–H groups in total. The summed E-state index contributed by atoms with van der Waals surface area (Å²) in [5.74, 6) is 0.000817. The third-order valence-corrected chi connectivity index (χ3v) is 3.89. The van der Waals surface area contributed by atoms with E-state index >= 15 is 0 Å². The van der Waals surface area contributed by atoms with E-state index in [0.717, 1.165) is 12.8 Å². The molecule has 0 bridgehead atoms. The molecule has 0 aliphatic heterocycles. The zero-order valence-electron chi connectivity index (χ0n) is 10.8. The van der Waals surface area contributed by atoms with Gasteiger partial charge in [-0.2, -0.15) is 0 Å². The number of hydrogen-bond acceptors (Lipinski definition) is 2. The molecule has 1 fully saturated rings. The maximum atomic E-state index is 12.9. The highest BCUT2D eigenvalue weighted by molar-refractivity contribution is 9.10. The van der Waals surface area contributed by atoms with Gasteiger partial charge in [0.25, 0.3) is 5.91 Å². The average Bonchev–Trinajstić information content (AvgIpc) is 2.85. The number of carbonyl (C=O) groups excluding carboxylic acids is 1. The fourth-order valence-corrected chi connectivity index (χ4v) is 2.65. The summed E-state index contributed by atoms with van der Waals surface area (Å²) in [5, 5.41) is 2.98. The highest BCUT2D eigenvalue weighted by Gasteiger charge is 2.22. The fourth-order valence-electron chi connectivity index (χ4n) is 2.20. The lowest BCUT2D eigenvalue weighted by Gasteiger charge is -2.18. The number of amides is 1. The lowest BCUT2D eigenvalue weighted by molar-refractivity contribution is -0.128. The predicted molar refractivity (Wildman–Crippen MR) is 74.6 cm³/mol. The molecule has 0 aromatic heterocycles. The van der Waals surface area contributed by atoms with Crippen LogP contribution in [0, 0.1) is 5.82 Å². The molecular formula is C14H17BrFNO2. The molecule has 1 unspecified atom stereocenters. The number of halogens is 2. The number of rotatable bonds is 4. The van der Waals surface area contributed by atoms with Crippen LogP contribution < -0.4 is 10.1 Å². The van der Waals surface area contributed by atoms with Gasteiger partial charge in [-0.15, -0.1) is 0 Å². The minimum atomic E-state index is -0.595. The molecule has 0 saturated heterocycles. The van der Waals surface area contributed by atoms with E-state index in [1.54, 1.807) is 6.92 Å². The molecule has 1 aromatic rings. The van der Waals surface area contributed by atoms with Gasteiger partial charge in [0.1, 0.15) is 11.6 Å². The maximum Gasteiger partial charge on any atom is 0.260 e. The van der Waals surface area contributed by atoms with E-state index in [0.29, 0.717) is 10.2 Å². The Labute approximate surface area is 120 Å². The van der Waals surface area contributed by atoms with Crippen molar-refractivity contribution in [2.75, 3.05) is 0 Å². The SMILES string of the molecule is CC(Oc1ccc(F)cc1Br)C(=O)NC1CCCC1. The number of nitrogens with one attached hydrogen (secondary N) is 1. The van der Waals surface area contributed by atoms with Crippen molar-refractivity contribution in [3.63, 3.8) is 0 Å². The first-order valence-electron chi connectivity index (χ1n) is 6.48. The fraction of sp³-hybridized carbons (Fsp3) is 0.500. The second-order valence-corrected chi connectivity index (χ2v) is 5.68. The maximum absolute atomic E-state index is 12.9. The Morgan fingerprint density at radius 2 is 2.16 bits per heavy atom. The Morgan fingerprint density at radius 1 is 1.47 bits per heavy atom. The molecule has 3 nitrogen and oxygen atoms in total. The van der Waals surface area contributed by atoms with E-state index in [2.05, 4.69) is 21.2 Å². The molecule has 19 heavy (non-hydrogen) atoms. The Hall–Kier alpha value is -1.10. The summed E-state index contributed by atoms with van der Waals surface area (Å²) in [4.78, 5) is 12.0. The van der Waals surface area contributed by atoms with Crippen LogP contribution in [0.25, 0.3) is 0 Å². The van der Waals surface area contributed by atoms with Crippen LogP contribution >= 0.6 is 15.9 Å². The van der Waals surface area contributed by atoms with E-state index in [1.807, 2.05) is 0 Å². The molecule has 2 rings (SSSR count). The van der Waals surface area contributed by atoms with E-state index < -0.39 is 6.10 Å². The molecule has 5 heteroatoms. The van der Waals surface area contributed by atoms with Gasteiger partial charge in [0, 0.05) is 6.04 Å². The summed E-state index contributed by atoms with van der Waals surface area (Å²) in [6.07, 6.45) is 3.83. The number of benzene rings is 1. The highest BCUT2D eigenvalue weighted by atomic mass is 79.9. The summed E-state index contributed by atoms with van der Waals surface area (Å²) < 4.78 is 19.0. The van der Waals surface area contributed by atoms with Crippen LogP contribution in [0.15, 0.2) is 22.7 Å². The van der Waals surface area contributed by atoms with Crippen LogP contribution in [0.5, 0.6) is 5.75 Å². The lowest BCUT2D eigenvalue weighted by Crippen LogP contribution is -2.41. The van der Waals surface area contributed by atoms with Crippen molar-refractivity contribution in [2.24, 2.45) is 0 Å². The minimum absolute atomic E-state index is 0.122. The van der Waals surface area contributed by atoms with Crippen molar-refractivity contribution < 1.29 is 13.9 Å². The van der Waals surface area contributed by atoms with Gasteiger partial charge in [0.15, 0.2) is 6.10 Å². The highest BCUT2D eigenvalue weighted by Crippen LogP contribution is 2.26. The second kappa shape index (κ2) is 6.37. The smallest absolute Gasteiger partial charge is 0.260 e. The molecule has 1 aromatic carbocycles. The summed E-state index contributed by atoms with van der Waals surface area (Å²) in [6.45, 7) is 1.69. The van der Waals surface area contributed by atoms with Crippen molar-refractivity contribution in [2.45, 2.75) is 44.8 Å². The molecule has 1 atom stereocenters. The van der Waals surface area contributed by atoms with Gasteiger partial charge in [-0.05, 0) is 53.9 Å². The lowest BCUT2D eigenvalue weighted by atomic mass is 10.2. The van der Waals surface area contributed by atoms with Gasteiger partial charge in [0.2, 0.25) is 0 Å². The van der Waals surface area contributed by atoms with Gasteiger partial charge in [-0.1, -0.05) is 12.8 Å². The molecule has 1 aliphatic rings. The minimum Gasteiger partial charge on any atom is -0.480 e. The third kappa shape index (κ3) is 3.93. The van der Waals surface area contributed by atoms with Crippen molar-refractivity contribution in [3.05, 3.63) is 28.5 Å². The van der Waals surface area contributed by atoms with Crippen LogP contribution in [-0.4, -0.2) is 18.1 Å². The van der Waals surface area contributed by atoms with E-state index in [1.165, 1.54) is 31.0 Å². The summed E-state index contributed by atoms with van der Waals surface area (Å²) in [5.41, 5.74) is 0. The third-order valence-electron chi connectivity index (χ3n) is 3.27. The Morgan fingerprint density at radius 3 is 2.79 bits per heavy atom. The number of ether oxygens (including phenoxy) is 1. The molecule has 1 aliphatic carbocycles. The quantitative estimate of drug-likeness (QED) is 0.919. The van der Waals surface area contributed by atoms with Gasteiger partial charge in [-0.25, -0.2) is 4.39 Å². The van der Waals surface area contributed by atoms with Crippen molar-refractivity contribution in [3.8, 4) is 5.75 Å². The van der Waals surface area contributed by atoms with Gasteiger partial charge in [-0.3, -0.25) is 4.79 Å². The first-order valence-corrected chi connectivity index (χ1v) is 7.27. The van der Waals surface area contributed by atoms with Gasteiger partial charge >= 0.3 is 0 Å². The normalized spacial score (nSPS) is 17.2. The second-order valence-electron chi connectivity index (χ2n) is 4.82. The summed E-state index contributed by atoms with van der Waals surface area (Å²) in [6, 6.07) is 4.41. The zero-order valence-corrected chi connectivity index (χ0v) is 12.4. The van der Waals surface area contributed by atoms with Crippen molar-refractivity contribution in [1.29, 1.82) is 0 Å². The van der Waals surface area contributed by atoms with Gasteiger partial charge < -0.3 is 10.1 Å². The van der Waals surface area contributed by atoms with Crippen LogP contribution in [0.1, 0.15) is 32.6 Å². The first-order chi connectivity index (χ1) is 9.06. The van der Waals surface area contributed by atoms with Crippen LogP contribution in [0.3, 0.4) is 0 Å². The molecular weight excluding hydrogens is 313 g/mol. The summed E-state index contributed by atoms with van der Waals surface area (Å²) >= 11 is 3.22. The van der Waals surface area contributed by atoms with Gasteiger partial charge in [0.05, 0.1) is 4.47 Å². The predicted octanol–water partition coefficient (Wildman–Crippen LogP) is 3.41. The molecule has 0 radical (unpaired) electrons. The van der Waals surface area contributed by atoms with E-state index in [9.17, 15) is 9.18 Å². The zero-order chi connectivity index (χ0) is 13.8. The van der Waals surface area contributed by atoms with Crippen LogP contribution in [0.2, 0.25) is 0 Å². The molecule has 0 spiro atoms. The molecule has 1 amide bonds. The van der Waals surface area contributed by atoms with E-state index in [-0.39, 0.29) is 17.8 Å². The van der Waals surface area contributed by atoms with Crippen LogP contribution in [-0.2, 0) is 4.79 Å². The largest absolute Gasteiger partial charge is 0.480 e. The number of carbonyl (C=O) groups is 1. The topological polar surface area (TPSA) is 38.3 Å². The monoisotopic (exact) mass is 329 g/mol. The molecule has 104 valence electrons. The van der Waals surface area contributed by atoms with Crippen LogP contribution in [0.4, 0.5) is 4.39 Å². The average molecular weight is 330 g/mol.